The second-order valence-corrected chi connectivity index (χ2v) is 6.39. The summed E-state index contributed by atoms with van der Waals surface area (Å²) in [6.07, 6.45) is 5.46. The normalized spacial score (nSPS) is 23.4. The average molecular weight is 260 g/mol. The molecule has 106 valence electrons. The molecule has 0 radical (unpaired) electrons. The molecule has 1 N–H and O–H groups in total. The van der Waals surface area contributed by atoms with E-state index in [4.69, 9.17) is 0 Å². The van der Waals surface area contributed by atoms with Crippen LogP contribution < -0.4 is 10.2 Å². The molecule has 0 aromatic heterocycles. The topological polar surface area (TPSA) is 15.3 Å². The molecule has 1 fully saturated rings. The molecule has 1 aromatic carbocycles. The highest BCUT2D eigenvalue weighted by Gasteiger charge is 2.27. The van der Waals surface area contributed by atoms with E-state index < -0.39 is 0 Å². The third-order valence-electron chi connectivity index (χ3n) is 4.39. The number of benzene rings is 1. The molecule has 0 bridgehead atoms. The molecule has 2 atom stereocenters. The van der Waals surface area contributed by atoms with Gasteiger partial charge >= 0.3 is 0 Å². The van der Waals surface area contributed by atoms with Crippen molar-refractivity contribution in [1.82, 2.24) is 0 Å². The average Bonchev–Trinajstić information content (AvgIpc) is 2.39. The molecule has 19 heavy (non-hydrogen) atoms. The van der Waals surface area contributed by atoms with E-state index in [0.717, 1.165) is 11.8 Å². The zero-order chi connectivity index (χ0) is 13.8. The van der Waals surface area contributed by atoms with Gasteiger partial charge in [0.25, 0.3) is 0 Å². The molecular formula is C17H28N2. The summed E-state index contributed by atoms with van der Waals surface area (Å²) in [6.45, 7) is 4.72. The van der Waals surface area contributed by atoms with Crippen LogP contribution >= 0.6 is 0 Å². The summed E-state index contributed by atoms with van der Waals surface area (Å²) in [5, 5.41) is 3.78. The number of nitrogens with zero attached hydrogens (tertiary/aromatic N) is 1. The summed E-state index contributed by atoms with van der Waals surface area (Å²) in [6, 6.07) is 9.40. The van der Waals surface area contributed by atoms with Crippen LogP contribution in [0.5, 0.6) is 0 Å². The van der Waals surface area contributed by atoms with Crippen molar-refractivity contribution in [3.63, 3.8) is 0 Å². The molecule has 2 unspecified atom stereocenters. The quantitative estimate of drug-likeness (QED) is 0.864. The lowest BCUT2D eigenvalue weighted by atomic mass is 9.78. The highest BCUT2D eigenvalue weighted by Crippen LogP contribution is 2.32. The van der Waals surface area contributed by atoms with Gasteiger partial charge < -0.3 is 10.2 Å². The zero-order valence-corrected chi connectivity index (χ0v) is 12.8. The van der Waals surface area contributed by atoms with Gasteiger partial charge in [-0.1, -0.05) is 32.8 Å². The van der Waals surface area contributed by atoms with Crippen molar-refractivity contribution in [3.05, 3.63) is 24.3 Å². The standard InChI is InChI=1S/C17H28N2/c1-13(2)16-10-5-6-11-17(16)18-14-8-7-9-15(12-14)19(3)4/h7-9,12-13,16-18H,5-6,10-11H2,1-4H3. The summed E-state index contributed by atoms with van der Waals surface area (Å²) < 4.78 is 0. The predicted molar refractivity (Wildman–Crippen MR) is 85.0 cm³/mol. The molecule has 0 heterocycles. The van der Waals surface area contributed by atoms with E-state index in [1.54, 1.807) is 0 Å². The lowest BCUT2D eigenvalue weighted by Gasteiger charge is -2.35. The van der Waals surface area contributed by atoms with E-state index in [9.17, 15) is 0 Å². The van der Waals surface area contributed by atoms with Crippen LogP contribution in [-0.4, -0.2) is 20.1 Å². The first kappa shape index (κ1) is 14.2. The summed E-state index contributed by atoms with van der Waals surface area (Å²) in [5.74, 6) is 1.59. The van der Waals surface area contributed by atoms with Gasteiger partial charge in [-0.05, 0) is 42.9 Å². The largest absolute Gasteiger partial charge is 0.382 e. The van der Waals surface area contributed by atoms with Crippen molar-refractivity contribution in [2.45, 2.75) is 45.6 Å². The third-order valence-corrected chi connectivity index (χ3v) is 4.39. The molecule has 0 spiro atoms. The van der Waals surface area contributed by atoms with Gasteiger partial charge in [0.15, 0.2) is 0 Å². The summed E-state index contributed by atoms with van der Waals surface area (Å²) in [7, 11) is 4.19. The van der Waals surface area contributed by atoms with Crippen LogP contribution in [0.4, 0.5) is 11.4 Å². The predicted octanol–water partition coefficient (Wildman–Crippen LogP) is 4.38. The van der Waals surface area contributed by atoms with Crippen molar-refractivity contribution in [2.75, 3.05) is 24.3 Å². The minimum atomic E-state index is 0.645. The van der Waals surface area contributed by atoms with E-state index >= 15 is 0 Å². The van der Waals surface area contributed by atoms with Crippen LogP contribution in [0.25, 0.3) is 0 Å². The molecule has 0 aliphatic heterocycles. The molecule has 2 nitrogen and oxygen atoms in total. The first-order valence-corrected chi connectivity index (χ1v) is 7.62. The maximum Gasteiger partial charge on any atom is 0.0381 e. The van der Waals surface area contributed by atoms with E-state index in [1.807, 2.05) is 0 Å². The van der Waals surface area contributed by atoms with Gasteiger partial charge in [0.2, 0.25) is 0 Å². The van der Waals surface area contributed by atoms with E-state index in [-0.39, 0.29) is 0 Å². The van der Waals surface area contributed by atoms with Crippen molar-refractivity contribution in [2.24, 2.45) is 11.8 Å². The fourth-order valence-electron chi connectivity index (χ4n) is 3.22. The van der Waals surface area contributed by atoms with Gasteiger partial charge in [-0.3, -0.25) is 0 Å². The molecule has 2 heteroatoms. The van der Waals surface area contributed by atoms with E-state index in [2.05, 4.69) is 62.4 Å². The minimum Gasteiger partial charge on any atom is -0.382 e. The van der Waals surface area contributed by atoms with Crippen LogP contribution in [0.2, 0.25) is 0 Å². The van der Waals surface area contributed by atoms with Gasteiger partial charge in [-0.15, -0.1) is 0 Å². The third kappa shape index (κ3) is 3.65. The Hall–Kier alpha value is -1.18. The molecule has 0 amide bonds. The van der Waals surface area contributed by atoms with Gasteiger partial charge in [0.05, 0.1) is 0 Å². The van der Waals surface area contributed by atoms with Gasteiger partial charge in [0, 0.05) is 31.5 Å². The van der Waals surface area contributed by atoms with Crippen LogP contribution in [0.3, 0.4) is 0 Å². The van der Waals surface area contributed by atoms with Crippen LogP contribution in [0.1, 0.15) is 39.5 Å². The Balaban J connectivity index is 2.08. The number of hydrogen-bond acceptors (Lipinski definition) is 2. The summed E-state index contributed by atoms with van der Waals surface area (Å²) in [4.78, 5) is 2.16. The number of rotatable bonds is 4. The first-order valence-electron chi connectivity index (χ1n) is 7.62. The lowest BCUT2D eigenvalue weighted by molar-refractivity contribution is 0.254. The Morgan fingerprint density at radius 3 is 2.58 bits per heavy atom. The Labute approximate surface area is 118 Å². The van der Waals surface area contributed by atoms with Crippen LogP contribution in [0, 0.1) is 11.8 Å². The van der Waals surface area contributed by atoms with E-state index in [1.165, 1.54) is 37.1 Å². The molecule has 1 aliphatic rings. The number of anilines is 2. The van der Waals surface area contributed by atoms with Gasteiger partial charge in [0.1, 0.15) is 0 Å². The monoisotopic (exact) mass is 260 g/mol. The zero-order valence-electron chi connectivity index (χ0n) is 12.8. The molecule has 1 aromatic rings. The molecule has 0 saturated heterocycles. The van der Waals surface area contributed by atoms with Crippen molar-refractivity contribution in [3.8, 4) is 0 Å². The Morgan fingerprint density at radius 2 is 1.89 bits per heavy atom. The SMILES string of the molecule is CC(C)C1CCCCC1Nc1cccc(N(C)C)c1. The summed E-state index contributed by atoms with van der Waals surface area (Å²) in [5.41, 5.74) is 2.53. The maximum absolute atomic E-state index is 3.78. The van der Waals surface area contributed by atoms with Gasteiger partial charge in [-0.2, -0.15) is 0 Å². The van der Waals surface area contributed by atoms with Crippen molar-refractivity contribution >= 4 is 11.4 Å². The second-order valence-electron chi connectivity index (χ2n) is 6.39. The minimum absolute atomic E-state index is 0.645. The van der Waals surface area contributed by atoms with Gasteiger partial charge in [-0.25, -0.2) is 0 Å². The molecule has 2 rings (SSSR count). The summed E-state index contributed by atoms with van der Waals surface area (Å²) >= 11 is 0. The molecule has 1 saturated carbocycles. The smallest absolute Gasteiger partial charge is 0.0381 e. The van der Waals surface area contributed by atoms with Crippen LogP contribution in [-0.2, 0) is 0 Å². The molecular weight excluding hydrogens is 232 g/mol. The highest BCUT2D eigenvalue weighted by molar-refractivity contribution is 5.57. The van der Waals surface area contributed by atoms with Crippen molar-refractivity contribution in [1.29, 1.82) is 0 Å². The maximum atomic E-state index is 3.78. The Morgan fingerprint density at radius 1 is 1.16 bits per heavy atom. The molecule has 1 aliphatic carbocycles. The van der Waals surface area contributed by atoms with Crippen molar-refractivity contribution < 1.29 is 0 Å². The fourth-order valence-corrected chi connectivity index (χ4v) is 3.22. The highest BCUT2D eigenvalue weighted by atomic mass is 15.1. The Kier molecular flexibility index (Phi) is 4.73. The van der Waals surface area contributed by atoms with Crippen LogP contribution in [0.15, 0.2) is 24.3 Å². The number of hydrogen-bond donors (Lipinski definition) is 1. The number of nitrogens with one attached hydrogen (secondary N) is 1. The Bertz CT molecular complexity index is 398. The fraction of sp³-hybridized carbons (Fsp3) is 0.647. The second kappa shape index (κ2) is 6.31. The lowest BCUT2D eigenvalue weighted by Crippen LogP contribution is -2.35. The first-order chi connectivity index (χ1) is 9.08. The van der Waals surface area contributed by atoms with E-state index in [0.29, 0.717) is 6.04 Å².